The molecule has 0 aromatic heterocycles. The van der Waals surface area contributed by atoms with Crippen LogP contribution < -0.4 is 9.47 Å². The first-order valence-corrected chi connectivity index (χ1v) is 6.55. The Kier molecular flexibility index (Phi) is 4.17. The van der Waals surface area contributed by atoms with Crippen molar-refractivity contribution in [2.45, 2.75) is 13.8 Å². The van der Waals surface area contributed by atoms with E-state index in [0.717, 1.165) is 11.1 Å². The minimum absolute atomic E-state index is 0.167. The largest absolute Gasteiger partial charge is 0.493 e. The summed E-state index contributed by atoms with van der Waals surface area (Å²) in [7, 11) is 3.04. The molecule has 21 heavy (non-hydrogen) atoms. The summed E-state index contributed by atoms with van der Waals surface area (Å²) in [5.74, 6) is -0.0579. The molecular formula is C17H18O4. The first-order chi connectivity index (χ1) is 9.97. The fraction of sp³-hybridized carbons (Fsp3) is 0.235. The van der Waals surface area contributed by atoms with Crippen LogP contribution in [-0.4, -0.2) is 25.3 Å². The standard InChI is InChI=1S/C17H18O4/c1-10-5-6-12(7-11(10)2)14-8-13(17(18)19)9-15(20-3)16(14)21-4/h5-9H,1-4H3,(H,18,19). The van der Waals surface area contributed by atoms with Gasteiger partial charge in [0, 0.05) is 5.56 Å². The van der Waals surface area contributed by atoms with Crippen LogP contribution in [0, 0.1) is 13.8 Å². The minimum Gasteiger partial charge on any atom is -0.493 e. The number of benzene rings is 2. The Balaban J connectivity index is 2.72. The van der Waals surface area contributed by atoms with Gasteiger partial charge in [0.1, 0.15) is 0 Å². The molecule has 0 amide bonds. The molecule has 0 atom stereocenters. The third kappa shape index (κ3) is 2.84. The number of aromatic carboxylic acids is 1. The van der Waals surface area contributed by atoms with Crippen molar-refractivity contribution >= 4 is 5.97 Å². The third-order valence-corrected chi connectivity index (χ3v) is 3.54. The predicted octanol–water partition coefficient (Wildman–Crippen LogP) is 3.69. The van der Waals surface area contributed by atoms with Crippen LogP contribution in [0.3, 0.4) is 0 Å². The second kappa shape index (κ2) is 5.87. The van der Waals surface area contributed by atoms with Gasteiger partial charge in [-0.15, -0.1) is 0 Å². The molecular weight excluding hydrogens is 268 g/mol. The van der Waals surface area contributed by atoms with Crippen molar-refractivity contribution in [1.82, 2.24) is 0 Å². The van der Waals surface area contributed by atoms with Gasteiger partial charge in [-0.2, -0.15) is 0 Å². The molecule has 0 saturated heterocycles. The molecule has 0 aliphatic rings. The van der Waals surface area contributed by atoms with Gasteiger partial charge in [0.25, 0.3) is 0 Å². The Bertz CT molecular complexity index is 689. The van der Waals surface area contributed by atoms with Gasteiger partial charge in [0.2, 0.25) is 0 Å². The van der Waals surface area contributed by atoms with E-state index in [1.165, 1.54) is 18.7 Å². The Labute approximate surface area is 123 Å². The van der Waals surface area contributed by atoms with Crippen LogP contribution in [0.25, 0.3) is 11.1 Å². The lowest BCUT2D eigenvalue weighted by Crippen LogP contribution is -2.01. The van der Waals surface area contributed by atoms with E-state index in [1.807, 2.05) is 32.0 Å². The zero-order valence-electron chi connectivity index (χ0n) is 12.6. The van der Waals surface area contributed by atoms with Crippen LogP contribution in [0.4, 0.5) is 0 Å². The molecule has 0 aliphatic carbocycles. The van der Waals surface area contributed by atoms with Crippen molar-refractivity contribution in [3.63, 3.8) is 0 Å². The topological polar surface area (TPSA) is 55.8 Å². The summed E-state index contributed by atoms with van der Waals surface area (Å²) in [5.41, 5.74) is 4.09. The summed E-state index contributed by atoms with van der Waals surface area (Å²) < 4.78 is 10.7. The van der Waals surface area contributed by atoms with Crippen LogP contribution in [0.5, 0.6) is 11.5 Å². The number of hydrogen-bond donors (Lipinski definition) is 1. The van der Waals surface area contributed by atoms with E-state index in [4.69, 9.17) is 9.47 Å². The second-order valence-electron chi connectivity index (χ2n) is 4.86. The number of aryl methyl sites for hydroxylation is 2. The zero-order chi connectivity index (χ0) is 15.6. The highest BCUT2D eigenvalue weighted by atomic mass is 16.5. The lowest BCUT2D eigenvalue weighted by Gasteiger charge is -2.15. The number of hydrogen-bond acceptors (Lipinski definition) is 3. The number of carbonyl (C=O) groups is 1. The maximum atomic E-state index is 11.3. The number of ether oxygens (including phenoxy) is 2. The summed E-state index contributed by atoms with van der Waals surface area (Å²) in [5, 5.41) is 9.24. The van der Waals surface area contributed by atoms with Gasteiger partial charge >= 0.3 is 5.97 Å². The molecule has 2 aromatic carbocycles. The Morgan fingerprint density at radius 1 is 1.00 bits per heavy atom. The summed E-state index contributed by atoms with van der Waals surface area (Å²) in [4.78, 5) is 11.3. The molecule has 0 fully saturated rings. The molecule has 1 N–H and O–H groups in total. The van der Waals surface area contributed by atoms with Crippen molar-refractivity contribution in [1.29, 1.82) is 0 Å². The van der Waals surface area contributed by atoms with E-state index in [1.54, 1.807) is 13.2 Å². The minimum atomic E-state index is -0.999. The Morgan fingerprint density at radius 2 is 1.71 bits per heavy atom. The van der Waals surface area contributed by atoms with Gasteiger partial charge in [-0.25, -0.2) is 4.79 Å². The zero-order valence-corrected chi connectivity index (χ0v) is 12.6. The maximum absolute atomic E-state index is 11.3. The first-order valence-electron chi connectivity index (χ1n) is 6.55. The van der Waals surface area contributed by atoms with Gasteiger partial charge in [0.05, 0.1) is 19.8 Å². The van der Waals surface area contributed by atoms with E-state index in [2.05, 4.69) is 0 Å². The van der Waals surface area contributed by atoms with E-state index < -0.39 is 5.97 Å². The van der Waals surface area contributed by atoms with E-state index >= 15 is 0 Å². The maximum Gasteiger partial charge on any atom is 0.335 e. The van der Waals surface area contributed by atoms with E-state index in [9.17, 15) is 9.90 Å². The van der Waals surface area contributed by atoms with Gasteiger partial charge < -0.3 is 14.6 Å². The Hall–Kier alpha value is -2.49. The van der Waals surface area contributed by atoms with Crippen molar-refractivity contribution in [2.24, 2.45) is 0 Å². The quantitative estimate of drug-likeness (QED) is 0.931. The van der Waals surface area contributed by atoms with Crippen molar-refractivity contribution < 1.29 is 19.4 Å². The van der Waals surface area contributed by atoms with Crippen molar-refractivity contribution in [3.05, 3.63) is 47.0 Å². The lowest BCUT2D eigenvalue weighted by molar-refractivity contribution is 0.0696. The van der Waals surface area contributed by atoms with Crippen LogP contribution in [0.1, 0.15) is 21.5 Å². The van der Waals surface area contributed by atoms with Gasteiger partial charge in [-0.1, -0.05) is 18.2 Å². The van der Waals surface area contributed by atoms with Gasteiger partial charge in [0.15, 0.2) is 11.5 Å². The summed E-state index contributed by atoms with van der Waals surface area (Å²) >= 11 is 0. The monoisotopic (exact) mass is 286 g/mol. The van der Waals surface area contributed by atoms with Crippen LogP contribution >= 0.6 is 0 Å². The molecule has 0 bridgehead atoms. The van der Waals surface area contributed by atoms with Gasteiger partial charge in [-0.3, -0.25) is 0 Å². The fourth-order valence-electron chi connectivity index (χ4n) is 2.21. The molecule has 2 rings (SSSR count). The molecule has 0 radical (unpaired) electrons. The average molecular weight is 286 g/mol. The van der Waals surface area contributed by atoms with E-state index in [0.29, 0.717) is 17.1 Å². The smallest absolute Gasteiger partial charge is 0.335 e. The summed E-state index contributed by atoms with van der Waals surface area (Å²) in [6.07, 6.45) is 0. The fourth-order valence-corrected chi connectivity index (χ4v) is 2.21. The number of rotatable bonds is 4. The molecule has 0 saturated carbocycles. The lowest BCUT2D eigenvalue weighted by atomic mass is 9.97. The molecule has 0 heterocycles. The number of carboxylic acid groups (broad SMARTS) is 1. The van der Waals surface area contributed by atoms with Crippen molar-refractivity contribution in [3.8, 4) is 22.6 Å². The average Bonchev–Trinajstić information content (AvgIpc) is 2.48. The van der Waals surface area contributed by atoms with Crippen LogP contribution in [0.15, 0.2) is 30.3 Å². The SMILES string of the molecule is COc1cc(C(=O)O)cc(-c2ccc(C)c(C)c2)c1OC. The van der Waals surface area contributed by atoms with Crippen LogP contribution in [-0.2, 0) is 0 Å². The second-order valence-corrected chi connectivity index (χ2v) is 4.86. The third-order valence-electron chi connectivity index (χ3n) is 3.54. The van der Waals surface area contributed by atoms with Gasteiger partial charge in [-0.05, 0) is 42.7 Å². The highest BCUT2D eigenvalue weighted by molar-refractivity contribution is 5.92. The summed E-state index contributed by atoms with van der Waals surface area (Å²) in [6.45, 7) is 4.05. The number of carboxylic acids is 1. The molecule has 0 unspecified atom stereocenters. The highest BCUT2D eigenvalue weighted by Gasteiger charge is 2.17. The predicted molar refractivity (Wildman–Crippen MR) is 81.4 cm³/mol. The first kappa shape index (κ1) is 14.9. The highest BCUT2D eigenvalue weighted by Crippen LogP contribution is 2.39. The molecule has 0 spiro atoms. The molecule has 4 heteroatoms. The Morgan fingerprint density at radius 3 is 2.24 bits per heavy atom. The molecule has 110 valence electrons. The van der Waals surface area contributed by atoms with Crippen molar-refractivity contribution in [2.75, 3.05) is 14.2 Å². The number of methoxy groups -OCH3 is 2. The van der Waals surface area contributed by atoms with Crippen LogP contribution in [0.2, 0.25) is 0 Å². The molecule has 0 aliphatic heterocycles. The molecule has 2 aromatic rings. The summed E-state index contributed by atoms with van der Waals surface area (Å²) in [6, 6.07) is 9.03. The normalized spacial score (nSPS) is 10.3. The molecule has 4 nitrogen and oxygen atoms in total. The van der Waals surface area contributed by atoms with E-state index in [-0.39, 0.29) is 5.56 Å².